The van der Waals surface area contributed by atoms with Crippen molar-refractivity contribution in [1.29, 1.82) is 0 Å². The van der Waals surface area contributed by atoms with Crippen LogP contribution in [0.5, 0.6) is 0 Å². The molecule has 0 aliphatic heterocycles. The van der Waals surface area contributed by atoms with Crippen LogP contribution in [0.25, 0.3) is 0 Å². The van der Waals surface area contributed by atoms with Gasteiger partial charge >= 0.3 is 0 Å². The molecule has 0 aromatic carbocycles. The molecule has 0 aromatic heterocycles. The summed E-state index contributed by atoms with van der Waals surface area (Å²) in [5.41, 5.74) is 3.02. The Morgan fingerprint density at radius 2 is 2.25 bits per heavy atom. The van der Waals surface area contributed by atoms with Crippen molar-refractivity contribution in [3.8, 4) is 0 Å². The second-order valence-electron chi connectivity index (χ2n) is 4.08. The van der Waals surface area contributed by atoms with Crippen LogP contribution in [-0.2, 0) is 0 Å². The van der Waals surface area contributed by atoms with E-state index in [9.17, 15) is 0 Å². The predicted octanol–water partition coefficient (Wildman–Crippen LogP) is 3.95. The average molecular weight is 164 g/mol. The molecule has 0 spiro atoms. The molecular formula is C12H20. The van der Waals surface area contributed by atoms with Gasteiger partial charge in [-0.25, -0.2) is 0 Å². The van der Waals surface area contributed by atoms with E-state index in [0.29, 0.717) is 0 Å². The van der Waals surface area contributed by atoms with Crippen molar-refractivity contribution in [3.05, 3.63) is 23.8 Å². The lowest BCUT2D eigenvalue weighted by Gasteiger charge is -2.29. The van der Waals surface area contributed by atoms with Gasteiger partial charge in [-0.1, -0.05) is 30.7 Å². The third-order valence-electron chi connectivity index (χ3n) is 3.12. The summed E-state index contributed by atoms with van der Waals surface area (Å²) in [7, 11) is 0. The Morgan fingerprint density at radius 1 is 1.58 bits per heavy atom. The summed E-state index contributed by atoms with van der Waals surface area (Å²) in [6.07, 6.45) is 6.21. The molecule has 0 heterocycles. The zero-order valence-electron chi connectivity index (χ0n) is 8.56. The fourth-order valence-corrected chi connectivity index (χ4v) is 2.16. The Bertz CT molecular complexity index is 198. The van der Waals surface area contributed by atoms with E-state index in [2.05, 4.69) is 33.4 Å². The molecule has 12 heavy (non-hydrogen) atoms. The molecular weight excluding hydrogens is 144 g/mol. The maximum absolute atomic E-state index is 4.04. The lowest BCUT2D eigenvalue weighted by atomic mass is 9.76. The minimum Gasteiger partial charge on any atom is -0.0999 e. The van der Waals surface area contributed by atoms with Gasteiger partial charge < -0.3 is 0 Å². The maximum Gasteiger partial charge on any atom is -0.0200 e. The van der Waals surface area contributed by atoms with E-state index in [1.807, 2.05) is 0 Å². The molecule has 0 N–H and O–H groups in total. The van der Waals surface area contributed by atoms with Gasteiger partial charge in [-0.15, -0.1) is 0 Å². The van der Waals surface area contributed by atoms with Crippen molar-refractivity contribution in [1.82, 2.24) is 0 Å². The smallest absolute Gasteiger partial charge is 0.0200 e. The van der Waals surface area contributed by atoms with Crippen molar-refractivity contribution >= 4 is 0 Å². The molecule has 1 saturated carbocycles. The molecule has 2 atom stereocenters. The van der Waals surface area contributed by atoms with Gasteiger partial charge in [-0.05, 0) is 44.9 Å². The van der Waals surface area contributed by atoms with Gasteiger partial charge in [0, 0.05) is 0 Å². The van der Waals surface area contributed by atoms with Gasteiger partial charge in [-0.2, -0.15) is 0 Å². The molecule has 0 bridgehead atoms. The summed E-state index contributed by atoms with van der Waals surface area (Å²) in [5.74, 6) is 1.56. The third-order valence-corrected chi connectivity index (χ3v) is 3.12. The number of allylic oxidation sites excluding steroid dienone is 3. The number of hydrogen-bond acceptors (Lipinski definition) is 0. The minimum atomic E-state index is 0.781. The Hall–Kier alpha value is -0.520. The fourth-order valence-electron chi connectivity index (χ4n) is 2.16. The van der Waals surface area contributed by atoms with Crippen molar-refractivity contribution in [2.75, 3.05) is 0 Å². The molecule has 68 valence electrons. The van der Waals surface area contributed by atoms with E-state index < -0.39 is 0 Å². The highest BCUT2D eigenvalue weighted by Gasteiger charge is 2.22. The Balaban J connectivity index is 2.57. The van der Waals surface area contributed by atoms with Crippen LogP contribution in [0.15, 0.2) is 23.8 Å². The molecule has 0 heteroatoms. The van der Waals surface area contributed by atoms with E-state index >= 15 is 0 Å². The van der Waals surface area contributed by atoms with Crippen molar-refractivity contribution in [2.45, 2.75) is 40.0 Å². The summed E-state index contributed by atoms with van der Waals surface area (Å²) >= 11 is 0. The number of hydrogen-bond donors (Lipinski definition) is 0. The molecule has 0 saturated heterocycles. The minimum absolute atomic E-state index is 0.781. The first kappa shape index (κ1) is 9.57. The van der Waals surface area contributed by atoms with Gasteiger partial charge in [0.05, 0.1) is 0 Å². The molecule has 0 aromatic rings. The standard InChI is InChI=1S/C12H20/c1-5-11-6-7-12(9(2)3)8-10(11)4/h5,10,12H,2,6-8H2,1,3-4H3. The van der Waals surface area contributed by atoms with Crippen LogP contribution >= 0.6 is 0 Å². The highest BCUT2D eigenvalue weighted by Crippen LogP contribution is 2.35. The molecule has 1 aliphatic rings. The Labute approximate surface area is 76.4 Å². The molecule has 1 rings (SSSR count). The monoisotopic (exact) mass is 164 g/mol. The van der Waals surface area contributed by atoms with Gasteiger partial charge in [0.1, 0.15) is 0 Å². The Morgan fingerprint density at radius 3 is 2.67 bits per heavy atom. The second kappa shape index (κ2) is 3.93. The molecule has 0 radical (unpaired) electrons. The summed E-state index contributed by atoms with van der Waals surface area (Å²) in [5, 5.41) is 0. The van der Waals surface area contributed by atoms with Crippen LogP contribution in [0.1, 0.15) is 40.0 Å². The third kappa shape index (κ3) is 2.00. The summed E-state index contributed by atoms with van der Waals surface area (Å²) in [6.45, 7) is 10.7. The normalized spacial score (nSPS) is 33.8. The highest BCUT2D eigenvalue weighted by atomic mass is 14.3. The number of rotatable bonds is 1. The van der Waals surface area contributed by atoms with Crippen molar-refractivity contribution < 1.29 is 0 Å². The second-order valence-corrected chi connectivity index (χ2v) is 4.08. The first-order chi connectivity index (χ1) is 5.65. The molecule has 0 nitrogen and oxygen atoms in total. The van der Waals surface area contributed by atoms with E-state index in [4.69, 9.17) is 0 Å². The van der Waals surface area contributed by atoms with Crippen LogP contribution in [0.3, 0.4) is 0 Å². The molecule has 1 aliphatic carbocycles. The zero-order valence-corrected chi connectivity index (χ0v) is 8.56. The van der Waals surface area contributed by atoms with Gasteiger partial charge in [-0.3, -0.25) is 0 Å². The lowest BCUT2D eigenvalue weighted by Crippen LogP contribution is -2.16. The van der Waals surface area contributed by atoms with Gasteiger partial charge in [0.2, 0.25) is 0 Å². The summed E-state index contributed by atoms with van der Waals surface area (Å²) in [4.78, 5) is 0. The quantitative estimate of drug-likeness (QED) is 0.515. The SMILES string of the molecule is C=C(C)C1CCC(=CC)C(C)C1. The maximum atomic E-state index is 4.04. The topological polar surface area (TPSA) is 0 Å². The van der Waals surface area contributed by atoms with Crippen LogP contribution in [0.4, 0.5) is 0 Å². The first-order valence-electron chi connectivity index (χ1n) is 4.95. The van der Waals surface area contributed by atoms with Crippen LogP contribution < -0.4 is 0 Å². The summed E-state index contributed by atoms with van der Waals surface area (Å²) in [6, 6.07) is 0. The molecule has 0 amide bonds. The van der Waals surface area contributed by atoms with E-state index in [-0.39, 0.29) is 0 Å². The zero-order chi connectivity index (χ0) is 9.14. The average Bonchev–Trinajstić information content (AvgIpc) is 2.04. The largest absolute Gasteiger partial charge is 0.0999 e. The summed E-state index contributed by atoms with van der Waals surface area (Å²) < 4.78 is 0. The predicted molar refractivity (Wildman–Crippen MR) is 55.1 cm³/mol. The van der Waals surface area contributed by atoms with Crippen LogP contribution in [0.2, 0.25) is 0 Å². The van der Waals surface area contributed by atoms with Crippen LogP contribution in [0, 0.1) is 11.8 Å². The fraction of sp³-hybridized carbons (Fsp3) is 0.667. The molecule has 2 unspecified atom stereocenters. The van der Waals surface area contributed by atoms with E-state index in [0.717, 1.165) is 11.8 Å². The Kier molecular flexibility index (Phi) is 3.13. The van der Waals surface area contributed by atoms with Gasteiger partial charge in [0.15, 0.2) is 0 Å². The lowest BCUT2D eigenvalue weighted by molar-refractivity contribution is 0.388. The van der Waals surface area contributed by atoms with E-state index in [1.165, 1.54) is 24.8 Å². The van der Waals surface area contributed by atoms with Crippen molar-refractivity contribution in [2.24, 2.45) is 11.8 Å². The van der Waals surface area contributed by atoms with Crippen molar-refractivity contribution in [3.63, 3.8) is 0 Å². The highest BCUT2D eigenvalue weighted by molar-refractivity contribution is 5.12. The van der Waals surface area contributed by atoms with Crippen LogP contribution in [-0.4, -0.2) is 0 Å². The van der Waals surface area contributed by atoms with Gasteiger partial charge in [0.25, 0.3) is 0 Å². The molecule has 1 fully saturated rings. The first-order valence-corrected chi connectivity index (χ1v) is 4.95. The van der Waals surface area contributed by atoms with E-state index in [1.54, 1.807) is 5.57 Å².